The topological polar surface area (TPSA) is 31.4 Å². The average Bonchev–Trinajstić information content (AvgIpc) is 3.19. The molecular weight excluding hydrogens is 306 g/mol. The van der Waals surface area contributed by atoms with Crippen molar-refractivity contribution in [3.63, 3.8) is 0 Å². The molecule has 1 aliphatic rings. The van der Waals surface area contributed by atoms with Gasteiger partial charge < -0.3 is 9.47 Å². The van der Waals surface area contributed by atoms with Crippen LogP contribution in [0.1, 0.15) is 24.1 Å². The standard InChI is InChI=1S/C16H18ClNO2S/c17-8-14-11-21-16(18-14)13-4-1-3-12(7-13)9-19-10-15-5-2-6-20-15/h1,3-4,7,11,15H,2,5-6,8-10H2. The molecule has 0 spiro atoms. The summed E-state index contributed by atoms with van der Waals surface area (Å²) in [5.74, 6) is 0.459. The van der Waals surface area contributed by atoms with E-state index in [1.165, 1.54) is 0 Å². The van der Waals surface area contributed by atoms with E-state index in [0.717, 1.165) is 41.3 Å². The number of nitrogens with zero attached hydrogens (tertiary/aromatic N) is 1. The number of hydrogen-bond acceptors (Lipinski definition) is 4. The Kier molecular flexibility index (Phi) is 5.25. The second-order valence-electron chi connectivity index (χ2n) is 5.13. The van der Waals surface area contributed by atoms with Crippen LogP contribution in [0.15, 0.2) is 29.6 Å². The largest absolute Gasteiger partial charge is 0.376 e. The number of thiazole rings is 1. The number of halogens is 1. The lowest BCUT2D eigenvalue weighted by atomic mass is 10.1. The Balaban J connectivity index is 1.59. The minimum absolute atomic E-state index is 0.276. The van der Waals surface area contributed by atoms with Gasteiger partial charge in [0.15, 0.2) is 0 Å². The van der Waals surface area contributed by atoms with E-state index in [1.54, 1.807) is 11.3 Å². The molecule has 1 unspecified atom stereocenters. The molecule has 1 fully saturated rings. The van der Waals surface area contributed by atoms with Gasteiger partial charge in [-0.25, -0.2) is 4.98 Å². The number of ether oxygens (including phenoxy) is 2. The molecular formula is C16H18ClNO2S. The Hall–Kier alpha value is -0.940. The van der Waals surface area contributed by atoms with Gasteiger partial charge in [0.05, 0.1) is 30.9 Å². The molecule has 1 aliphatic heterocycles. The maximum atomic E-state index is 5.80. The Bertz CT molecular complexity index is 581. The van der Waals surface area contributed by atoms with Crippen molar-refractivity contribution in [3.05, 3.63) is 40.9 Å². The van der Waals surface area contributed by atoms with E-state index in [9.17, 15) is 0 Å². The third-order valence-electron chi connectivity index (χ3n) is 3.46. The van der Waals surface area contributed by atoms with Gasteiger partial charge in [0.25, 0.3) is 0 Å². The van der Waals surface area contributed by atoms with Crippen molar-refractivity contribution in [2.75, 3.05) is 13.2 Å². The average molecular weight is 324 g/mol. The summed E-state index contributed by atoms with van der Waals surface area (Å²) < 4.78 is 11.3. The molecule has 0 amide bonds. The zero-order valence-corrected chi connectivity index (χ0v) is 13.3. The van der Waals surface area contributed by atoms with Gasteiger partial charge in [-0.05, 0) is 24.5 Å². The van der Waals surface area contributed by atoms with Gasteiger partial charge in [0, 0.05) is 17.6 Å². The Morgan fingerprint density at radius 1 is 1.43 bits per heavy atom. The van der Waals surface area contributed by atoms with E-state index in [0.29, 0.717) is 19.1 Å². The second-order valence-corrected chi connectivity index (χ2v) is 6.25. The highest BCUT2D eigenvalue weighted by atomic mass is 35.5. The molecule has 2 heterocycles. The van der Waals surface area contributed by atoms with Crippen LogP contribution in [0, 0.1) is 0 Å². The fraction of sp³-hybridized carbons (Fsp3) is 0.438. The van der Waals surface area contributed by atoms with Crippen molar-refractivity contribution >= 4 is 22.9 Å². The molecule has 0 saturated carbocycles. The first-order valence-electron chi connectivity index (χ1n) is 7.14. The number of rotatable bonds is 6. The van der Waals surface area contributed by atoms with Crippen LogP contribution in [-0.2, 0) is 22.0 Å². The van der Waals surface area contributed by atoms with Crippen LogP contribution in [0.3, 0.4) is 0 Å². The lowest BCUT2D eigenvalue weighted by molar-refractivity contribution is 0.0106. The highest BCUT2D eigenvalue weighted by molar-refractivity contribution is 7.13. The zero-order valence-electron chi connectivity index (χ0n) is 11.8. The van der Waals surface area contributed by atoms with Gasteiger partial charge in [-0.2, -0.15) is 0 Å². The van der Waals surface area contributed by atoms with Gasteiger partial charge in [-0.3, -0.25) is 0 Å². The molecule has 0 N–H and O–H groups in total. The number of alkyl halides is 1. The minimum Gasteiger partial charge on any atom is -0.376 e. The van der Waals surface area contributed by atoms with Crippen molar-refractivity contribution in [2.24, 2.45) is 0 Å². The van der Waals surface area contributed by atoms with Crippen LogP contribution in [0.5, 0.6) is 0 Å². The second kappa shape index (κ2) is 7.36. The molecule has 1 aromatic carbocycles. The first-order valence-corrected chi connectivity index (χ1v) is 8.55. The van der Waals surface area contributed by atoms with Gasteiger partial charge in [0.1, 0.15) is 5.01 Å². The highest BCUT2D eigenvalue weighted by Gasteiger charge is 2.15. The highest BCUT2D eigenvalue weighted by Crippen LogP contribution is 2.25. The number of aromatic nitrogens is 1. The normalized spacial score (nSPS) is 18.2. The van der Waals surface area contributed by atoms with Crippen molar-refractivity contribution in [2.45, 2.75) is 31.4 Å². The van der Waals surface area contributed by atoms with Crippen LogP contribution >= 0.6 is 22.9 Å². The summed E-state index contributed by atoms with van der Waals surface area (Å²) in [5, 5.41) is 3.01. The molecule has 1 atom stereocenters. The first kappa shape index (κ1) is 15.0. The van der Waals surface area contributed by atoms with Crippen molar-refractivity contribution in [1.29, 1.82) is 0 Å². The Morgan fingerprint density at radius 3 is 3.14 bits per heavy atom. The maximum Gasteiger partial charge on any atom is 0.123 e. The summed E-state index contributed by atoms with van der Waals surface area (Å²) in [7, 11) is 0. The van der Waals surface area contributed by atoms with Gasteiger partial charge in [-0.15, -0.1) is 22.9 Å². The van der Waals surface area contributed by atoms with E-state index in [1.807, 2.05) is 11.4 Å². The van der Waals surface area contributed by atoms with Crippen molar-refractivity contribution < 1.29 is 9.47 Å². The summed E-state index contributed by atoms with van der Waals surface area (Å²) in [5.41, 5.74) is 3.21. The fourth-order valence-corrected chi connectivity index (χ4v) is 3.42. The third-order valence-corrected chi connectivity index (χ3v) is 4.67. The minimum atomic E-state index is 0.276. The van der Waals surface area contributed by atoms with E-state index >= 15 is 0 Å². The van der Waals surface area contributed by atoms with E-state index in [2.05, 4.69) is 23.2 Å². The Morgan fingerprint density at radius 2 is 2.38 bits per heavy atom. The lowest BCUT2D eigenvalue weighted by Crippen LogP contribution is -2.13. The van der Waals surface area contributed by atoms with Crippen LogP contribution in [0.4, 0.5) is 0 Å². The molecule has 0 bridgehead atoms. The lowest BCUT2D eigenvalue weighted by Gasteiger charge is -2.10. The summed E-state index contributed by atoms with van der Waals surface area (Å²) in [4.78, 5) is 4.51. The van der Waals surface area contributed by atoms with Crippen molar-refractivity contribution in [1.82, 2.24) is 4.98 Å². The Labute approximate surface area is 133 Å². The van der Waals surface area contributed by atoms with E-state index in [4.69, 9.17) is 21.1 Å². The van der Waals surface area contributed by atoms with E-state index < -0.39 is 0 Å². The predicted octanol–water partition coefficient (Wildman–Crippen LogP) is 4.24. The van der Waals surface area contributed by atoms with Gasteiger partial charge in [0.2, 0.25) is 0 Å². The summed E-state index contributed by atoms with van der Waals surface area (Å²) >= 11 is 7.43. The smallest absolute Gasteiger partial charge is 0.123 e. The van der Waals surface area contributed by atoms with Crippen LogP contribution in [0.25, 0.3) is 10.6 Å². The maximum absolute atomic E-state index is 5.80. The SMILES string of the molecule is ClCc1csc(-c2cccc(COCC3CCCO3)c2)n1. The molecule has 0 radical (unpaired) electrons. The van der Waals surface area contributed by atoms with Crippen LogP contribution < -0.4 is 0 Å². The predicted molar refractivity (Wildman–Crippen MR) is 85.7 cm³/mol. The van der Waals surface area contributed by atoms with Gasteiger partial charge >= 0.3 is 0 Å². The van der Waals surface area contributed by atoms with Crippen LogP contribution in [0.2, 0.25) is 0 Å². The summed E-state index contributed by atoms with van der Waals surface area (Å²) in [6.45, 7) is 2.16. The summed E-state index contributed by atoms with van der Waals surface area (Å²) in [6.07, 6.45) is 2.54. The molecule has 1 saturated heterocycles. The fourth-order valence-electron chi connectivity index (χ4n) is 2.38. The monoisotopic (exact) mass is 323 g/mol. The molecule has 3 nitrogen and oxygen atoms in total. The van der Waals surface area contributed by atoms with Gasteiger partial charge in [-0.1, -0.05) is 18.2 Å². The molecule has 21 heavy (non-hydrogen) atoms. The summed E-state index contributed by atoms with van der Waals surface area (Å²) in [6, 6.07) is 8.32. The molecule has 3 rings (SSSR count). The van der Waals surface area contributed by atoms with E-state index in [-0.39, 0.29) is 6.10 Å². The third kappa shape index (κ3) is 4.04. The number of hydrogen-bond donors (Lipinski definition) is 0. The quantitative estimate of drug-likeness (QED) is 0.745. The molecule has 112 valence electrons. The molecule has 0 aliphatic carbocycles. The zero-order chi connectivity index (χ0) is 14.5. The first-order chi connectivity index (χ1) is 10.3. The van der Waals surface area contributed by atoms with Crippen LogP contribution in [-0.4, -0.2) is 24.3 Å². The number of benzene rings is 1. The van der Waals surface area contributed by atoms with Crippen molar-refractivity contribution in [3.8, 4) is 10.6 Å². The molecule has 2 aromatic rings. The molecule has 5 heteroatoms. The molecule has 1 aromatic heterocycles.